The van der Waals surface area contributed by atoms with Gasteiger partial charge in [0, 0.05) is 17.8 Å². The third kappa shape index (κ3) is 2.36. The number of nitrogens with one attached hydrogen (secondary N) is 1. The van der Waals surface area contributed by atoms with Crippen molar-refractivity contribution in [3.05, 3.63) is 36.1 Å². The van der Waals surface area contributed by atoms with Crippen molar-refractivity contribution >= 4 is 17.4 Å². The number of hydrogen-bond acceptors (Lipinski definition) is 5. The molecule has 0 aliphatic rings. The molecule has 6 heteroatoms. The molecular weight excluding hydrogens is 222 g/mol. The largest absolute Gasteiger partial charge is 0.497 e. The quantitative estimate of drug-likeness (QED) is 0.784. The fourth-order valence-corrected chi connectivity index (χ4v) is 1.34. The molecule has 0 saturated carbocycles. The predicted molar refractivity (Wildman–Crippen MR) is 61.9 cm³/mol. The lowest BCUT2D eigenvalue weighted by Crippen LogP contribution is -2.14. The molecule has 88 valence electrons. The van der Waals surface area contributed by atoms with E-state index in [0.29, 0.717) is 22.8 Å². The van der Waals surface area contributed by atoms with Crippen LogP contribution in [-0.4, -0.2) is 18.2 Å². The zero-order valence-corrected chi connectivity index (χ0v) is 9.14. The summed E-state index contributed by atoms with van der Waals surface area (Å²) in [7, 11) is 1.53. The molecule has 0 saturated heterocycles. The highest BCUT2D eigenvalue weighted by Gasteiger charge is 2.11. The van der Waals surface area contributed by atoms with Gasteiger partial charge in [-0.1, -0.05) is 5.16 Å². The second-order valence-electron chi connectivity index (χ2n) is 3.29. The Hall–Kier alpha value is -2.50. The Bertz CT molecular complexity index is 523. The molecule has 1 aromatic heterocycles. The zero-order chi connectivity index (χ0) is 12.3. The van der Waals surface area contributed by atoms with Gasteiger partial charge in [0.1, 0.15) is 12.0 Å². The average molecular weight is 233 g/mol. The third-order valence-corrected chi connectivity index (χ3v) is 2.18. The van der Waals surface area contributed by atoms with Crippen LogP contribution in [0.3, 0.4) is 0 Å². The first-order valence-corrected chi connectivity index (χ1v) is 4.86. The minimum absolute atomic E-state index is 0.338. The Morgan fingerprint density at radius 3 is 2.88 bits per heavy atom. The summed E-state index contributed by atoms with van der Waals surface area (Å²) in [6.45, 7) is 0. The second kappa shape index (κ2) is 4.56. The highest BCUT2D eigenvalue weighted by molar-refractivity contribution is 6.07. The van der Waals surface area contributed by atoms with Gasteiger partial charge in [-0.3, -0.25) is 4.79 Å². The zero-order valence-electron chi connectivity index (χ0n) is 9.14. The summed E-state index contributed by atoms with van der Waals surface area (Å²) in [5, 5.41) is 6.12. The standard InChI is InChI=1S/C11H11N3O3/c1-16-7-2-3-8(9(12)6-7)11(15)13-10-4-5-17-14-10/h2-6H,12H2,1H3,(H,13,14,15). The van der Waals surface area contributed by atoms with E-state index in [1.54, 1.807) is 18.2 Å². The van der Waals surface area contributed by atoms with Crippen LogP contribution in [0.1, 0.15) is 10.4 Å². The number of aromatic nitrogens is 1. The van der Waals surface area contributed by atoms with E-state index in [0.717, 1.165) is 0 Å². The second-order valence-corrected chi connectivity index (χ2v) is 3.29. The Kier molecular flexibility index (Phi) is 2.95. The van der Waals surface area contributed by atoms with Gasteiger partial charge in [0.05, 0.1) is 12.7 Å². The molecule has 0 aliphatic heterocycles. The van der Waals surface area contributed by atoms with Crippen molar-refractivity contribution in [1.29, 1.82) is 0 Å². The molecule has 0 unspecified atom stereocenters. The average Bonchev–Trinajstić information content (AvgIpc) is 2.81. The van der Waals surface area contributed by atoms with E-state index < -0.39 is 0 Å². The summed E-state index contributed by atoms with van der Waals surface area (Å²) in [4.78, 5) is 11.8. The molecule has 2 rings (SSSR count). The first-order chi connectivity index (χ1) is 8.20. The van der Waals surface area contributed by atoms with Crippen LogP contribution in [0.15, 0.2) is 35.1 Å². The number of benzene rings is 1. The van der Waals surface area contributed by atoms with Crippen molar-refractivity contribution in [3.63, 3.8) is 0 Å². The van der Waals surface area contributed by atoms with Crippen molar-refractivity contribution < 1.29 is 14.1 Å². The Morgan fingerprint density at radius 1 is 1.47 bits per heavy atom. The van der Waals surface area contributed by atoms with Gasteiger partial charge in [-0.15, -0.1) is 0 Å². The summed E-state index contributed by atoms with van der Waals surface area (Å²) in [5.74, 6) is 0.588. The lowest BCUT2D eigenvalue weighted by Gasteiger charge is -2.06. The summed E-state index contributed by atoms with van der Waals surface area (Å²) in [5.41, 5.74) is 6.44. The van der Waals surface area contributed by atoms with Crippen molar-refractivity contribution in [2.24, 2.45) is 0 Å². The minimum atomic E-state index is -0.348. The van der Waals surface area contributed by atoms with E-state index in [4.69, 9.17) is 10.5 Å². The first kappa shape index (κ1) is 11.0. The molecule has 6 nitrogen and oxygen atoms in total. The number of carbonyl (C=O) groups is 1. The van der Waals surface area contributed by atoms with E-state index in [9.17, 15) is 4.79 Å². The molecule has 1 amide bonds. The molecule has 3 N–H and O–H groups in total. The molecule has 0 bridgehead atoms. The Balaban J connectivity index is 2.19. The molecule has 2 aromatic rings. The molecule has 0 radical (unpaired) electrons. The molecule has 0 atom stereocenters. The van der Waals surface area contributed by atoms with Gasteiger partial charge < -0.3 is 20.3 Å². The van der Waals surface area contributed by atoms with Crippen molar-refractivity contribution in [2.75, 3.05) is 18.2 Å². The summed E-state index contributed by atoms with van der Waals surface area (Å²) in [6.07, 6.45) is 1.37. The highest BCUT2D eigenvalue weighted by atomic mass is 16.5. The minimum Gasteiger partial charge on any atom is -0.497 e. The van der Waals surface area contributed by atoms with Gasteiger partial charge >= 0.3 is 0 Å². The smallest absolute Gasteiger partial charge is 0.259 e. The Morgan fingerprint density at radius 2 is 2.29 bits per heavy atom. The number of methoxy groups -OCH3 is 1. The predicted octanol–water partition coefficient (Wildman–Crippen LogP) is 1.52. The van der Waals surface area contributed by atoms with Crippen LogP contribution in [0.4, 0.5) is 11.5 Å². The normalized spacial score (nSPS) is 9.94. The number of ether oxygens (including phenoxy) is 1. The van der Waals surface area contributed by atoms with E-state index in [2.05, 4.69) is 15.0 Å². The summed E-state index contributed by atoms with van der Waals surface area (Å²) < 4.78 is 9.60. The molecule has 0 aliphatic carbocycles. The van der Waals surface area contributed by atoms with Crippen LogP contribution in [0.25, 0.3) is 0 Å². The number of rotatable bonds is 3. The summed E-state index contributed by atoms with van der Waals surface area (Å²) in [6, 6.07) is 6.37. The molecule has 1 heterocycles. The van der Waals surface area contributed by atoms with Gasteiger partial charge in [0.15, 0.2) is 5.82 Å². The van der Waals surface area contributed by atoms with Crippen molar-refractivity contribution in [1.82, 2.24) is 5.16 Å². The molecular formula is C11H11N3O3. The van der Waals surface area contributed by atoms with Crippen LogP contribution >= 0.6 is 0 Å². The van der Waals surface area contributed by atoms with E-state index in [1.807, 2.05) is 0 Å². The number of nitrogen functional groups attached to an aromatic ring is 1. The SMILES string of the molecule is COc1ccc(C(=O)Nc2ccon2)c(N)c1. The van der Waals surface area contributed by atoms with Crippen LogP contribution in [0, 0.1) is 0 Å². The van der Waals surface area contributed by atoms with Gasteiger partial charge in [0.25, 0.3) is 5.91 Å². The first-order valence-electron chi connectivity index (χ1n) is 4.86. The monoisotopic (exact) mass is 233 g/mol. The third-order valence-electron chi connectivity index (χ3n) is 2.18. The summed E-state index contributed by atoms with van der Waals surface area (Å²) >= 11 is 0. The molecule has 1 aromatic carbocycles. The Labute approximate surface area is 97.3 Å². The van der Waals surface area contributed by atoms with Crippen molar-refractivity contribution in [3.8, 4) is 5.75 Å². The number of nitrogens with two attached hydrogens (primary N) is 1. The van der Waals surface area contributed by atoms with E-state index >= 15 is 0 Å². The number of hydrogen-bond donors (Lipinski definition) is 2. The fraction of sp³-hybridized carbons (Fsp3) is 0.0909. The lowest BCUT2D eigenvalue weighted by molar-refractivity contribution is 0.102. The maximum Gasteiger partial charge on any atom is 0.259 e. The fourth-order valence-electron chi connectivity index (χ4n) is 1.34. The van der Waals surface area contributed by atoms with Crippen LogP contribution in [0.5, 0.6) is 5.75 Å². The maximum atomic E-state index is 11.8. The van der Waals surface area contributed by atoms with Crippen LogP contribution < -0.4 is 15.8 Å². The van der Waals surface area contributed by atoms with E-state index in [-0.39, 0.29) is 5.91 Å². The van der Waals surface area contributed by atoms with Gasteiger partial charge in [-0.2, -0.15) is 0 Å². The molecule has 17 heavy (non-hydrogen) atoms. The van der Waals surface area contributed by atoms with Crippen LogP contribution in [0.2, 0.25) is 0 Å². The maximum absolute atomic E-state index is 11.8. The number of nitrogens with zero attached hydrogens (tertiary/aromatic N) is 1. The molecule has 0 spiro atoms. The number of anilines is 2. The molecule has 0 fully saturated rings. The topological polar surface area (TPSA) is 90.4 Å². The highest BCUT2D eigenvalue weighted by Crippen LogP contribution is 2.20. The van der Waals surface area contributed by atoms with E-state index in [1.165, 1.54) is 19.4 Å². The van der Waals surface area contributed by atoms with Gasteiger partial charge in [-0.05, 0) is 12.1 Å². The lowest BCUT2D eigenvalue weighted by atomic mass is 10.1. The van der Waals surface area contributed by atoms with Gasteiger partial charge in [0.2, 0.25) is 0 Å². The number of carbonyl (C=O) groups excluding carboxylic acids is 1. The number of amides is 1. The van der Waals surface area contributed by atoms with Crippen LogP contribution in [-0.2, 0) is 0 Å². The van der Waals surface area contributed by atoms with Crippen molar-refractivity contribution in [2.45, 2.75) is 0 Å². The van der Waals surface area contributed by atoms with Gasteiger partial charge in [-0.25, -0.2) is 0 Å².